The van der Waals surface area contributed by atoms with Crippen LogP contribution in [0.15, 0.2) is 0 Å². The van der Waals surface area contributed by atoms with E-state index in [4.69, 9.17) is 10.1 Å². The number of hydrogen-bond donors (Lipinski definition) is 1. The van der Waals surface area contributed by atoms with Crippen LogP contribution in [0.1, 0.15) is 45.4 Å². The highest BCUT2D eigenvalue weighted by Crippen LogP contribution is 2.30. The Balaban J connectivity index is 1.95. The lowest BCUT2D eigenvalue weighted by molar-refractivity contribution is -0.0359. The predicted octanol–water partition coefficient (Wildman–Crippen LogP) is 2.65. The fourth-order valence-corrected chi connectivity index (χ4v) is 3.04. The van der Waals surface area contributed by atoms with E-state index in [0.29, 0.717) is 5.92 Å². The lowest BCUT2D eigenvalue weighted by Crippen LogP contribution is -2.50. The molecular formula is C13H24N2O. The quantitative estimate of drug-likeness (QED) is 0.578. The van der Waals surface area contributed by atoms with E-state index >= 15 is 0 Å². The molecule has 1 N–H and O–H groups in total. The summed E-state index contributed by atoms with van der Waals surface area (Å²) in [7, 11) is 1.79. The van der Waals surface area contributed by atoms with E-state index in [1.807, 2.05) is 0 Å². The molecule has 0 spiro atoms. The van der Waals surface area contributed by atoms with Gasteiger partial charge in [0.2, 0.25) is 0 Å². The maximum Gasteiger partial charge on any atom is 0.0990 e. The van der Waals surface area contributed by atoms with Crippen molar-refractivity contribution in [1.82, 2.24) is 4.90 Å². The minimum atomic E-state index is -0.0385. The SMILES string of the molecule is COC1(C)CCCN(C(=N)C2CCCC2)C1. The van der Waals surface area contributed by atoms with Crippen molar-refractivity contribution >= 4 is 5.84 Å². The monoisotopic (exact) mass is 224 g/mol. The molecule has 0 aromatic carbocycles. The van der Waals surface area contributed by atoms with E-state index in [1.165, 1.54) is 25.7 Å². The molecular weight excluding hydrogens is 200 g/mol. The molecule has 2 fully saturated rings. The normalized spacial score (nSPS) is 32.0. The van der Waals surface area contributed by atoms with Crippen molar-refractivity contribution in [3.05, 3.63) is 0 Å². The summed E-state index contributed by atoms with van der Waals surface area (Å²) in [6.07, 6.45) is 7.33. The summed E-state index contributed by atoms with van der Waals surface area (Å²) in [6.45, 7) is 4.12. The van der Waals surface area contributed by atoms with Crippen LogP contribution in [-0.4, -0.2) is 36.5 Å². The molecule has 92 valence electrons. The number of amidine groups is 1. The average molecular weight is 224 g/mol. The number of piperidine rings is 1. The molecule has 0 bridgehead atoms. The molecule has 2 rings (SSSR count). The number of nitrogens with one attached hydrogen (secondary N) is 1. The van der Waals surface area contributed by atoms with Crippen molar-refractivity contribution in [2.45, 2.75) is 51.0 Å². The molecule has 1 saturated carbocycles. The Morgan fingerprint density at radius 1 is 1.31 bits per heavy atom. The third-order valence-corrected chi connectivity index (χ3v) is 4.23. The van der Waals surface area contributed by atoms with Crippen molar-refractivity contribution in [3.8, 4) is 0 Å². The van der Waals surface area contributed by atoms with Crippen LogP contribution in [-0.2, 0) is 4.74 Å². The van der Waals surface area contributed by atoms with Gasteiger partial charge < -0.3 is 9.64 Å². The molecule has 0 aromatic rings. The Labute approximate surface area is 98.7 Å². The Hall–Kier alpha value is -0.570. The van der Waals surface area contributed by atoms with Gasteiger partial charge in [0.05, 0.1) is 11.4 Å². The zero-order chi connectivity index (χ0) is 11.6. The van der Waals surface area contributed by atoms with Gasteiger partial charge >= 0.3 is 0 Å². The van der Waals surface area contributed by atoms with Gasteiger partial charge in [-0.25, -0.2) is 0 Å². The maximum absolute atomic E-state index is 8.30. The van der Waals surface area contributed by atoms with E-state index in [9.17, 15) is 0 Å². The van der Waals surface area contributed by atoms with Crippen molar-refractivity contribution in [3.63, 3.8) is 0 Å². The van der Waals surface area contributed by atoms with Gasteiger partial charge in [-0.2, -0.15) is 0 Å². The van der Waals surface area contributed by atoms with E-state index in [-0.39, 0.29) is 5.60 Å². The molecule has 0 amide bonds. The predicted molar refractivity (Wildman–Crippen MR) is 65.9 cm³/mol. The average Bonchev–Trinajstić information content (AvgIpc) is 2.82. The van der Waals surface area contributed by atoms with Crippen LogP contribution in [0.3, 0.4) is 0 Å². The van der Waals surface area contributed by atoms with Crippen molar-refractivity contribution in [2.24, 2.45) is 5.92 Å². The first-order valence-electron chi connectivity index (χ1n) is 6.53. The molecule has 2 aliphatic rings. The molecule has 1 aliphatic heterocycles. The van der Waals surface area contributed by atoms with Crippen LogP contribution >= 0.6 is 0 Å². The highest BCUT2D eigenvalue weighted by Gasteiger charge is 2.34. The van der Waals surface area contributed by atoms with Crippen LogP contribution < -0.4 is 0 Å². The molecule has 3 nitrogen and oxygen atoms in total. The van der Waals surface area contributed by atoms with Crippen molar-refractivity contribution < 1.29 is 4.74 Å². The second kappa shape index (κ2) is 4.74. The van der Waals surface area contributed by atoms with Crippen LogP contribution in [0, 0.1) is 11.3 Å². The minimum Gasteiger partial charge on any atom is -0.377 e. The van der Waals surface area contributed by atoms with Gasteiger partial charge in [-0.3, -0.25) is 5.41 Å². The van der Waals surface area contributed by atoms with E-state index in [2.05, 4.69) is 11.8 Å². The first-order chi connectivity index (χ1) is 7.64. The van der Waals surface area contributed by atoms with Gasteiger partial charge in [-0.05, 0) is 32.6 Å². The lowest BCUT2D eigenvalue weighted by Gasteiger charge is -2.41. The Morgan fingerprint density at radius 2 is 2.00 bits per heavy atom. The highest BCUT2D eigenvalue weighted by molar-refractivity contribution is 5.82. The third-order valence-electron chi connectivity index (χ3n) is 4.23. The van der Waals surface area contributed by atoms with Crippen LogP contribution in [0.5, 0.6) is 0 Å². The molecule has 1 aliphatic carbocycles. The second-order valence-corrected chi connectivity index (χ2v) is 5.55. The standard InChI is InChI=1S/C13H24N2O/c1-13(16-2)8-5-9-15(10-13)12(14)11-6-3-4-7-11/h11,14H,3-10H2,1-2H3. The number of methoxy groups -OCH3 is 1. The summed E-state index contributed by atoms with van der Waals surface area (Å²) in [4.78, 5) is 2.25. The van der Waals surface area contributed by atoms with Gasteiger partial charge in [-0.15, -0.1) is 0 Å². The zero-order valence-electron chi connectivity index (χ0n) is 10.6. The summed E-state index contributed by atoms with van der Waals surface area (Å²) >= 11 is 0. The largest absolute Gasteiger partial charge is 0.377 e. The molecule has 3 heteroatoms. The van der Waals surface area contributed by atoms with Gasteiger partial charge in [0.1, 0.15) is 0 Å². The van der Waals surface area contributed by atoms with Crippen LogP contribution in [0.2, 0.25) is 0 Å². The summed E-state index contributed by atoms with van der Waals surface area (Å²) in [5.41, 5.74) is -0.0385. The molecule has 0 radical (unpaired) electrons. The fourth-order valence-electron chi connectivity index (χ4n) is 3.04. The zero-order valence-corrected chi connectivity index (χ0v) is 10.6. The minimum absolute atomic E-state index is 0.0385. The Morgan fingerprint density at radius 3 is 2.62 bits per heavy atom. The number of hydrogen-bond acceptors (Lipinski definition) is 2. The summed E-state index contributed by atoms with van der Waals surface area (Å²) in [6, 6.07) is 0. The molecule has 16 heavy (non-hydrogen) atoms. The molecule has 1 unspecified atom stereocenters. The van der Waals surface area contributed by atoms with Crippen LogP contribution in [0.25, 0.3) is 0 Å². The van der Waals surface area contributed by atoms with E-state index in [0.717, 1.165) is 31.8 Å². The smallest absolute Gasteiger partial charge is 0.0990 e. The van der Waals surface area contributed by atoms with Crippen molar-refractivity contribution in [1.29, 1.82) is 5.41 Å². The highest BCUT2D eigenvalue weighted by atomic mass is 16.5. The summed E-state index contributed by atoms with van der Waals surface area (Å²) in [5, 5.41) is 8.30. The van der Waals surface area contributed by atoms with Gasteiger partial charge in [0.25, 0.3) is 0 Å². The van der Waals surface area contributed by atoms with E-state index in [1.54, 1.807) is 7.11 Å². The second-order valence-electron chi connectivity index (χ2n) is 5.55. The van der Waals surface area contributed by atoms with Gasteiger partial charge in [-0.1, -0.05) is 12.8 Å². The fraction of sp³-hybridized carbons (Fsp3) is 0.923. The molecule has 1 saturated heterocycles. The first kappa shape index (κ1) is 11.9. The molecule has 1 atom stereocenters. The van der Waals surface area contributed by atoms with Gasteiger partial charge in [0.15, 0.2) is 0 Å². The number of rotatable bonds is 2. The first-order valence-corrected chi connectivity index (χ1v) is 6.53. The lowest BCUT2D eigenvalue weighted by atomic mass is 9.93. The summed E-state index contributed by atoms with van der Waals surface area (Å²) < 4.78 is 5.58. The number of likely N-dealkylation sites (tertiary alicyclic amines) is 1. The Bertz CT molecular complexity index is 261. The topological polar surface area (TPSA) is 36.3 Å². The Kier molecular flexibility index (Phi) is 3.53. The van der Waals surface area contributed by atoms with Gasteiger partial charge in [0, 0.05) is 26.1 Å². The maximum atomic E-state index is 8.30. The molecule has 0 aromatic heterocycles. The molecule has 1 heterocycles. The van der Waals surface area contributed by atoms with Crippen LogP contribution in [0.4, 0.5) is 0 Å². The van der Waals surface area contributed by atoms with Crippen molar-refractivity contribution in [2.75, 3.05) is 20.2 Å². The number of ether oxygens (including phenoxy) is 1. The third kappa shape index (κ3) is 2.40. The number of nitrogens with zero attached hydrogens (tertiary/aromatic N) is 1. The van der Waals surface area contributed by atoms with E-state index < -0.39 is 0 Å². The summed E-state index contributed by atoms with van der Waals surface area (Å²) in [5.74, 6) is 1.40.